The average molecular weight is 257 g/mol. The Bertz CT molecular complexity index is 340. The van der Waals surface area contributed by atoms with E-state index in [9.17, 15) is 0 Å². The van der Waals surface area contributed by atoms with Crippen molar-refractivity contribution in [1.29, 1.82) is 0 Å². The molecule has 1 fully saturated rings. The summed E-state index contributed by atoms with van der Waals surface area (Å²) >= 11 is 6.02. The third-order valence-electron chi connectivity index (χ3n) is 3.17. The second-order valence-corrected chi connectivity index (χ2v) is 4.91. The number of para-hydroxylation sites is 1. The number of piperazine rings is 1. The fraction of sp³-hybridized carbons (Fsp3) is 0.538. The van der Waals surface area contributed by atoms with Gasteiger partial charge in [-0.05, 0) is 12.1 Å². The smallest absolute Gasteiger partial charge is 0.137 e. The number of hydrogen-bond acceptors (Lipinski definition) is 1. The topological polar surface area (TPSA) is 30.3 Å². The minimum absolute atomic E-state index is 0.701. The van der Waals surface area contributed by atoms with E-state index < -0.39 is 0 Å². The van der Waals surface area contributed by atoms with Crippen LogP contribution in [0.15, 0.2) is 24.3 Å². The van der Waals surface area contributed by atoms with Gasteiger partial charge in [-0.3, -0.25) is 0 Å². The minimum atomic E-state index is 0.701. The quantitative estimate of drug-likeness (QED) is 0.689. The van der Waals surface area contributed by atoms with E-state index in [1.54, 1.807) is 4.90 Å². The van der Waals surface area contributed by atoms with Crippen LogP contribution < -0.4 is 15.0 Å². The van der Waals surface area contributed by atoms with Gasteiger partial charge in [-0.25, -0.2) is 0 Å². The van der Waals surface area contributed by atoms with Crippen molar-refractivity contribution in [3.05, 3.63) is 29.3 Å². The maximum atomic E-state index is 6.02. The van der Waals surface area contributed by atoms with Crippen LogP contribution in [0.25, 0.3) is 0 Å². The van der Waals surface area contributed by atoms with Gasteiger partial charge in [-0.2, -0.15) is 0 Å². The third kappa shape index (κ3) is 4.19. The highest BCUT2D eigenvalue weighted by atomic mass is 35.5. The predicted molar refractivity (Wildman–Crippen MR) is 68.8 cm³/mol. The van der Waals surface area contributed by atoms with Crippen LogP contribution >= 0.6 is 11.6 Å². The Morgan fingerprint density at radius 1 is 1.24 bits per heavy atom. The van der Waals surface area contributed by atoms with Crippen LogP contribution in [-0.2, 0) is 0 Å². The van der Waals surface area contributed by atoms with Crippen LogP contribution in [0, 0.1) is 0 Å². The van der Waals surface area contributed by atoms with Gasteiger partial charge in [0.1, 0.15) is 31.9 Å². The monoisotopic (exact) mass is 256 g/mol. The molecule has 3 N–H and O–H groups in total. The molecule has 3 nitrogen and oxygen atoms in total. The van der Waals surface area contributed by atoms with Crippen molar-refractivity contribution < 1.29 is 15.0 Å². The molecule has 0 atom stereocenters. The van der Waals surface area contributed by atoms with Gasteiger partial charge < -0.3 is 15.0 Å². The van der Waals surface area contributed by atoms with Crippen molar-refractivity contribution >= 4 is 11.6 Å². The molecule has 1 aromatic carbocycles. The molecule has 0 aliphatic carbocycles. The lowest BCUT2D eigenvalue weighted by Crippen LogP contribution is -3.20. The van der Waals surface area contributed by atoms with Crippen LogP contribution in [-0.4, -0.2) is 39.3 Å². The van der Waals surface area contributed by atoms with E-state index in [0.717, 1.165) is 18.8 Å². The van der Waals surface area contributed by atoms with Crippen LogP contribution in [0.3, 0.4) is 0 Å². The molecule has 17 heavy (non-hydrogen) atoms. The molecule has 0 aromatic heterocycles. The van der Waals surface area contributed by atoms with E-state index in [4.69, 9.17) is 16.3 Å². The summed E-state index contributed by atoms with van der Waals surface area (Å²) in [5, 5.41) is 3.09. The lowest BCUT2D eigenvalue weighted by atomic mass is 10.3. The summed E-state index contributed by atoms with van der Waals surface area (Å²) in [6.07, 6.45) is 1.10. The number of nitrogens with two attached hydrogens (primary N) is 1. The Balaban J connectivity index is 1.64. The first kappa shape index (κ1) is 12.7. The first-order valence-electron chi connectivity index (χ1n) is 6.39. The number of benzene rings is 1. The van der Waals surface area contributed by atoms with Gasteiger partial charge in [-0.15, -0.1) is 0 Å². The van der Waals surface area contributed by atoms with E-state index in [1.165, 1.54) is 32.7 Å². The molecule has 1 heterocycles. The summed E-state index contributed by atoms with van der Waals surface area (Å²) < 4.78 is 5.67. The van der Waals surface area contributed by atoms with Gasteiger partial charge in [0, 0.05) is 6.42 Å². The van der Waals surface area contributed by atoms with E-state index in [0.29, 0.717) is 5.02 Å². The Morgan fingerprint density at radius 3 is 2.76 bits per heavy atom. The fourth-order valence-corrected chi connectivity index (χ4v) is 2.39. The molecule has 1 saturated heterocycles. The SMILES string of the molecule is Clc1ccccc1OCCC[NH+]1CC[NH2+]CC1. The lowest BCUT2D eigenvalue weighted by molar-refractivity contribution is -0.946. The van der Waals surface area contributed by atoms with Crippen LogP contribution in [0.1, 0.15) is 6.42 Å². The van der Waals surface area contributed by atoms with Crippen molar-refractivity contribution in [2.45, 2.75) is 6.42 Å². The zero-order chi connectivity index (χ0) is 11.9. The molecule has 0 radical (unpaired) electrons. The zero-order valence-electron chi connectivity index (χ0n) is 10.1. The van der Waals surface area contributed by atoms with E-state index in [-0.39, 0.29) is 0 Å². The summed E-state index contributed by atoms with van der Waals surface area (Å²) in [5.41, 5.74) is 0. The number of quaternary nitrogens is 2. The largest absolute Gasteiger partial charge is 0.492 e. The van der Waals surface area contributed by atoms with Crippen molar-refractivity contribution in [3.63, 3.8) is 0 Å². The molecule has 0 bridgehead atoms. The molecule has 0 amide bonds. The van der Waals surface area contributed by atoms with Crippen molar-refractivity contribution in [2.24, 2.45) is 0 Å². The first-order valence-corrected chi connectivity index (χ1v) is 6.76. The van der Waals surface area contributed by atoms with Gasteiger partial charge in [-0.1, -0.05) is 23.7 Å². The molecule has 0 unspecified atom stereocenters. The number of rotatable bonds is 5. The second kappa shape index (κ2) is 6.84. The molecule has 0 spiro atoms. The van der Waals surface area contributed by atoms with Gasteiger partial charge in [0.05, 0.1) is 18.2 Å². The molecular weight excluding hydrogens is 236 g/mol. The molecule has 1 aromatic rings. The Morgan fingerprint density at radius 2 is 2.00 bits per heavy atom. The standard InChI is InChI=1S/C13H19ClN2O/c14-12-4-1-2-5-13(12)17-11-3-8-16-9-6-15-7-10-16/h1-2,4-5,15H,3,6-11H2/p+2. The Labute approximate surface area is 108 Å². The maximum absolute atomic E-state index is 6.02. The summed E-state index contributed by atoms with van der Waals surface area (Å²) in [5.74, 6) is 0.802. The van der Waals surface area contributed by atoms with Crippen molar-refractivity contribution in [3.8, 4) is 5.75 Å². The molecule has 4 heteroatoms. The normalized spacial score (nSPS) is 17.0. The summed E-state index contributed by atoms with van der Waals surface area (Å²) in [4.78, 5) is 1.70. The average Bonchev–Trinajstić information content (AvgIpc) is 2.38. The summed E-state index contributed by atoms with van der Waals surface area (Å²) in [7, 11) is 0. The maximum Gasteiger partial charge on any atom is 0.137 e. The van der Waals surface area contributed by atoms with Gasteiger partial charge in [0.15, 0.2) is 0 Å². The summed E-state index contributed by atoms with van der Waals surface area (Å²) in [6, 6.07) is 7.66. The molecule has 2 rings (SSSR count). The zero-order valence-corrected chi connectivity index (χ0v) is 10.9. The van der Waals surface area contributed by atoms with E-state index in [1.807, 2.05) is 24.3 Å². The summed E-state index contributed by atoms with van der Waals surface area (Å²) in [6.45, 7) is 7.06. The number of hydrogen-bond donors (Lipinski definition) is 2. The molecule has 0 saturated carbocycles. The highest BCUT2D eigenvalue weighted by Gasteiger charge is 2.14. The first-order chi connectivity index (χ1) is 8.36. The van der Waals surface area contributed by atoms with Crippen molar-refractivity contribution in [2.75, 3.05) is 39.3 Å². The highest BCUT2D eigenvalue weighted by molar-refractivity contribution is 6.32. The van der Waals surface area contributed by atoms with Crippen LogP contribution in [0.5, 0.6) is 5.75 Å². The molecule has 94 valence electrons. The molecule has 1 aliphatic heterocycles. The fourth-order valence-electron chi connectivity index (χ4n) is 2.20. The minimum Gasteiger partial charge on any atom is -0.492 e. The Kier molecular flexibility index (Phi) is 5.10. The van der Waals surface area contributed by atoms with Crippen LogP contribution in [0.4, 0.5) is 0 Å². The van der Waals surface area contributed by atoms with Gasteiger partial charge >= 0.3 is 0 Å². The second-order valence-electron chi connectivity index (χ2n) is 4.50. The van der Waals surface area contributed by atoms with Gasteiger partial charge in [0.25, 0.3) is 0 Å². The third-order valence-corrected chi connectivity index (χ3v) is 3.49. The predicted octanol–water partition coefficient (Wildman–Crippen LogP) is -0.429. The van der Waals surface area contributed by atoms with E-state index in [2.05, 4.69) is 5.32 Å². The highest BCUT2D eigenvalue weighted by Crippen LogP contribution is 2.22. The van der Waals surface area contributed by atoms with Crippen molar-refractivity contribution in [1.82, 2.24) is 0 Å². The van der Waals surface area contributed by atoms with Gasteiger partial charge in [0.2, 0.25) is 0 Å². The molecule has 1 aliphatic rings. The number of halogens is 1. The number of ether oxygens (including phenoxy) is 1. The Hall–Kier alpha value is -0.770. The molecular formula is C13H21ClN2O+2. The number of nitrogens with one attached hydrogen (secondary N) is 1. The van der Waals surface area contributed by atoms with E-state index >= 15 is 0 Å². The van der Waals surface area contributed by atoms with Crippen LogP contribution in [0.2, 0.25) is 5.02 Å². The lowest BCUT2D eigenvalue weighted by Gasteiger charge is -2.22.